The van der Waals surface area contributed by atoms with E-state index < -0.39 is 5.97 Å². The van der Waals surface area contributed by atoms with Gasteiger partial charge in [0.1, 0.15) is 10.3 Å². The van der Waals surface area contributed by atoms with Gasteiger partial charge in [0.25, 0.3) is 0 Å². The van der Waals surface area contributed by atoms with Crippen molar-refractivity contribution >= 4 is 27.5 Å². The van der Waals surface area contributed by atoms with Crippen molar-refractivity contribution in [2.75, 3.05) is 0 Å². The van der Waals surface area contributed by atoms with Crippen molar-refractivity contribution < 1.29 is 9.90 Å². The quantitative estimate of drug-likeness (QED) is 0.828. The summed E-state index contributed by atoms with van der Waals surface area (Å²) in [6, 6.07) is 0. The Kier molecular flexibility index (Phi) is 2.33. The number of aromatic nitrogens is 2. The van der Waals surface area contributed by atoms with Gasteiger partial charge in [-0.3, -0.25) is 4.98 Å². The predicted octanol–water partition coefficient (Wildman–Crippen LogP) is 1.65. The molecule has 0 spiro atoms. The van der Waals surface area contributed by atoms with E-state index in [9.17, 15) is 4.79 Å². The largest absolute Gasteiger partial charge is 0.478 e. The van der Waals surface area contributed by atoms with E-state index in [0.717, 1.165) is 12.1 Å². The summed E-state index contributed by atoms with van der Waals surface area (Å²) < 4.78 is 0.560. The van der Waals surface area contributed by atoms with E-state index in [0.29, 0.717) is 16.7 Å². The molecule has 72 valence electrons. The smallest absolute Gasteiger partial charge is 0.337 e. The molecule has 1 aliphatic carbocycles. The van der Waals surface area contributed by atoms with E-state index >= 15 is 0 Å². The van der Waals surface area contributed by atoms with Gasteiger partial charge in [-0.15, -0.1) is 0 Å². The number of hydrogen-bond acceptors (Lipinski definition) is 3. The highest BCUT2D eigenvalue weighted by molar-refractivity contribution is 9.10. The molecule has 0 bridgehead atoms. The number of aliphatic carboxylic acids is 1. The van der Waals surface area contributed by atoms with E-state index in [1.54, 1.807) is 12.3 Å². The lowest BCUT2D eigenvalue weighted by atomic mass is 10.00. The van der Waals surface area contributed by atoms with Crippen LogP contribution in [0.5, 0.6) is 0 Å². The van der Waals surface area contributed by atoms with Crippen molar-refractivity contribution in [1.29, 1.82) is 0 Å². The average molecular weight is 255 g/mol. The van der Waals surface area contributed by atoms with Crippen LogP contribution in [0.3, 0.4) is 0 Å². The molecule has 1 aromatic rings. The highest BCUT2D eigenvalue weighted by atomic mass is 79.9. The zero-order valence-electron chi connectivity index (χ0n) is 7.20. The normalized spacial score (nSPS) is 14.5. The molecule has 5 heteroatoms. The van der Waals surface area contributed by atoms with Crippen molar-refractivity contribution in [3.63, 3.8) is 0 Å². The fourth-order valence-electron chi connectivity index (χ4n) is 1.43. The van der Waals surface area contributed by atoms with Crippen LogP contribution in [0.4, 0.5) is 0 Å². The molecule has 2 rings (SSSR count). The van der Waals surface area contributed by atoms with Crippen molar-refractivity contribution in [2.24, 2.45) is 0 Å². The maximum atomic E-state index is 10.9. The molecule has 1 aliphatic rings. The van der Waals surface area contributed by atoms with Gasteiger partial charge in [0.2, 0.25) is 0 Å². The van der Waals surface area contributed by atoms with Crippen LogP contribution >= 0.6 is 15.9 Å². The number of fused-ring (bicyclic) bond motifs is 1. The molecule has 0 saturated heterocycles. The number of carbonyl (C=O) groups is 1. The van der Waals surface area contributed by atoms with Crippen LogP contribution in [0.25, 0.3) is 5.57 Å². The third-order valence-electron chi connectivity index (χ3n) is 2.03. The molecular formula is C9H7BrN2O2. The monoisotopic (exact) mass is 254 g/mol. The third kappa shape index (κ3) is 1.55. The van der Waals surface area contributed by atoms with Crippen molar-refractivity contribution in [2.45, 2.75) is 12.8 Å². The first-order chi connectivity index (χ1) is 6.68. The van der Waals surface area contributed by atoms with Gasteiger partial charge < -0.3 is 5.11 Å². The summed E-state index contributed by atoms with van der Waals surface area (Å²) in [6.45, 7) is 0. The first kappa shape index (κ1) is 9.33. The highest BCUT2D eigenvalue weighted by Gasteiger charge is 2.20. The Balaban J connectivity index is 2.56. The van der Waals surface area contributed by atoms with Gasteiger partial charge in [-0.1, -0.05) is 6.08 Å². The minimum atomic E-state index is -0.946. The number of carboxylic acids is 1. The number of aryl methyl sites for hydroxylation is 1. The molecule has 0 fully saturated rings. The van der Waals surface area contributed by atoms with Crippen LogP contribution in [0, 0.1) is 0 Å². The Bertz CT molecular complexity index is 429. The van der Waals surface area contributed by atoms with Crippen LogP contribution in [0.2, 0.25) is 0 Å². The molecule has 14 heavy (non-hydrogen) atoms. The van der Waals surface area contributed by atoms with Gasteiger partial charge in [-0.2, -0.15) is 0 Å². The minimum Gasteiger partial charge on any atom is -0.478 e. The summed E-state index contributed by atoms with van der Waals surface area (Å²) in [7, 11) is 0. The fraction of sp³-hybridized carbons (Fsp3) is 0.222. The van der Waals surface area contributed by atoms with Gasteiger partial charge in [-0.05, 0) is 28.8 Å². The predicted molar refractivity (Wildman–Crippen MR) is 53.7 cm³/mol. The fourth-order valence-corrected chi connectivity index (χ4v) is 1.71. The topological polar surface area (TPSA) is 63.1 Å². The SMILES string of the molecule is O=C(O)C1=CCCc2ncc(Br)nc21. The Morgan fingerprint density at radius 3 is 3.07 bits per heavy atom. The van der Waals surface area contributed by atoms with Crippen LogP contribution in [0.1, 0.15) is 17.8 Å². The van der Waals surface area contributed by atoms with Gasteiger partial charge in [0, 0.05) is 0 Å². The molecule has 4 nitrogen and oxygen atoms in total. The van der Waals surface area contributed by atoms with Crippen molar-refractivity contribution in [3.05, 3.63) is 28.3 Å². The summed E-state index contributed by atoms with van der Waals surface area (Å²) in [4.78, 5) is 19.1. The second-order valence-electron chi connectivity index (χ2n) is 2.95. The van der Waals surface area contributed by atoms with Gasteiger partial charge >= 0.3 is 5.97 Å². The Morgan fingerprint density at radius 1 is 1.57 bits per heavy atom. The number of rotatable bonds is 1. The first-order valence-electron chi connectivity index (χ1n) is 4.13. The second-order valence-corrected chi connectivity index (χ2v) is 3.76. The lowest BCUT2D eigenvalue weighted by Crippen LogP contribution is -2.11. The lowest BCUT2D eigenvalue weighted by molar-refractivity contribution is -0.130. The molecule has 0 atom stereocenters. The van der Waals surface area contributed by atoms with Crippen molar-refractivity contribution in [1.82, 2.24) is 9.97 Å². The van der Waals surface area contributed by atoms with Crippen LogP contribution < -0.4 is 0 Å². The lowest BCUT2D eigenvalue weighted by Gasteiger charge is -2.12. The molecule has 1 aromatic heterocycles. The Hall–Kier alpha value is -1.23. The summed E-state index contributed by atoms with van der Waals surface area (Å²) in [5.74, 6) is -0.946. The summed E-state index contributed by atoms with van der Waals surface area (Å²) in [5, 5.41) is 8.92. The molecule has 0 aliphatic heterocycles. The van der Waals surface area contributed by atoms with Crippen LogP contribution in [-0.2, 0) is 11.2 Å². The zero-order chi connectivity index (χ0) is 10.1. The van der Waals surface area contributed by atoms with E-state index in [2.05, 4.69) is 25.9 Å². The number of carboxylic acid groups (broad SMARTS) is 1. The molecule has 1 N–H and O–H groups in total. The summed E-state index contributed by atoms with van der Waals surface area (Å²) in [6.07, 6.45) is 4.74. The van der Waals surface area contributed by atoms with Crippen LogP contribution in [-0.4, -0.2) is 21.0 Å². The van der Waals surface area contributed by atoms with E-state index in [4.69, 9.17) is 5.11 Å². The molecule has 1 heterocycles. The molecule has 0 unspecified atom stereocenters. The summed E-state index contributed by atoms with van der Waals surface area (Å²) in [5.41, 5.74) is 1.49. The zero-order valence-corrected chi connectivity index (χ0v) is 8.78. The van der Waals surface area contributed by atoms with Gasteiger partial charge in [0.15, 0.2) is 0 Å². The maximum absolute atomic E-state index is 10.9. The Morgan fingerprint density at radius 2 is 2.36 bits per heavy atom. The van der Waals surface area contributed by atoms with Gasteiger partial charge in [0.05, 0.1) is 17.5 Å². The van der Waals surface area contributed by atoms with E-state index in [1.165, 1.54) is 0 Å². The molecule has 0 aromatic carbocycles. The second kappa shape index (κ2) is 3.49. The van der Waals surface area contributed by atoms with Crippen LogP contribution in [0.15, 0.2) is 16.9 Å². The summed E-state index contributed by atoms with van der Waals surface area (Å²) >= 11 is 3.17. The van der Waals surface area contributed by atoms with E-state index in [-0.39, 0.29) is 5.57 Å². The third-order valence-corrected chi connectivity index (χ3v) is 2.42. The number of nitrogens with zero attached hydrogens (tertiary/aromatic N) is 2. The minimum absolute atomic E-state index is 0.250. The molecular weight excluding hydrogens is 248 g/mol. The Labute approximate surface area is 88.8 Å². The standard InChI is InChI=1S/C9H7BrN2O2/c10-7-4-11-6-3-1-2-5(9(13)14)8(6)12-7/h2,4H,1,3H2,(H,13,14). The first-order valence-corrected chi connectivity index (χ1v) is 4.93. The number of halogens is 1. The molecule has 0 radical (unpaired) electrons. The van der Waals surface area contributed by atoms with Crippen molar-refractivity contribution in [3.8, 4) is 0 Å². The molecule has 0 amide bonds. The average Bonchev–Trinajstić information content (AvgIpc) is 2.16. The van der Waals surface area contributed by atoms with E-state index in [1.807, 2.05) is 0 Å². The maximum Gasteiger partial charge on any atom is 0.337 e. The number of allylic oxidation sites excluding steroid dienone is 1. The number of hydrogen-bond donors (Lipinski definition) is 1. The van der Waals surface area contributed by atoms with Gasteiger partial charge in [-0.25, -0.2) is 9.78 Å². The highest BCUT2D eigenvalue weighted by Crippen LogP contribution is 2.24. The molecule has 0 saturated carbocycles.